The first kappa shape index (κ1) is 13.5. The zero-order valence-corrected chi connectivity index (χ0v) is 11.8. The number of thiocarbonyl (C=S) groups is 1. The summed E-state index contributed by atoms with van der Waals surface area (Å²) in [6.45, 7) is 8.18. The van der Waals surface area contributed by atoms with Gasteiger partial charge in [-0.2, -0.15) is 5.26 Å². The molecule has 0 saturated carbocycles. The van der Waals surface area contributed by atoms with Gasteiger partial charge in [-0.05, 0) is 25.3 Å². The second-order valence-corrected chi connectivity index (χ2v) is 6.00. The Kier molecular flexibility index (Phi) is 3.98. The minimum atomic E-state index is -0.550. The molecule has 0 spiro atoms. The summed E-state index contributed by atoms with van der Waals surface area (Å²) in [5.41, 5.74) is 1.71. The molecule has 1 rings (SSSR count). The van der Waals surface area contributed by atoms with E-state index in [9.17, 15) is 5.26 Å². The second kappa shape index (κ2) is 4.73. The lowest BCUT2D eigenvalue weighted by atomic mass is 9.65. The van der Waals surface area contributed by atoms with Gasteiger partial charge in [0.05, 0.1) is 15.7 Å². The van der Waals surface area contributed by atoms with E-state index in [1.165, 1.54) is 0 Å². The predicted molar refractivity (Wildman–Crippen MR) is 75.5 cm³/mol. The van der Waals surface area contributed by atoms with Crippen LogP contribution in [0.25, 0.3) is 0 Å². The van der Waals surface area contributed by atoms with E-state index in [1.54, 1.807) is 0 Å². The van der Waals surface area contributed by atoms with E-state index in [1.807, 2.05) is 13.8 Å². The molecule has 0 aromatic carbocycles. The average Bonchev–Trinajstić information content (AvgIpc) is 2.16. The van der Waals surface area contributed by atoms with Crippen molar-refractivity contribution in [2.24, 2.45) is 17.3 Å². The molecule has 3 heteroatoms. The Balaban J connectivity index is 3.36. The number of hydrogen-bond acceptors (Lipinski definition) is 2. The van der Waals surface area contributed by atoms with Crippen LogP contribution < -0.4 is 0 Å². The van der Waals surface area contributed by atoms with Gasteiger partial charge in [0.25, 0.3) is 0 Å². The van der Waals surface area contributed by atoms with Crippen LogP contribution in [-0.4, -0.2) is 4.20 Å². The second-order valence-electron chi connectivity index (χ2n) is 4.77. The summed E-state index contributed by atoms with van der Waals surface area (Å²) in [5, 5.41) is 9.50. The van der Waals surface area contributed by atoms with Crippen LogP contribution in [0.15, 0.2) is 23.3 Å². The van der Waals surface area contributed by atoms with Crippen molar-refractivity contribution < 1.29 is 0 Å². The Morgan fingerprint density at radius 2 is 2.12 bits per heavy atom. The van der Waals surface area contributed by atoms with Crippen molar-refractivity contribution in [2.75, 3.05) is 0 Å². The van der Waals surface area contributed by atoms with Crippen molar-refractivity contribution in [1.29, 1.82) is 5.26 Å². The summed E-state index contributed by atoms with van der Waals surface area (Å²) in [4.78, 5) is 0. The lowest BCUT2D eigenvalue weighted by Gasteiger charge is -2.38. The van der Waals surface area contributed by atoms with Gasteiger partial charge >= 0.3 is 0 Å². The number of nitriles is 1. The molecule has 0 aliphatic heterocycles. The molecule has 0 radical (unpaired) electrons. The van der Waals surface area contributed by atoms with Crippen LogP contribution in [0, 0.1) is 28.6 Å². The predicted octanol–water partition coefficient (Wildman–Crippen LogP) is 3.93. The minimum absolute atomic E-state index is 0.0572. The Morgan fingerprint density at radius 1 is 1.56 bits per heavy atom. The third kappa shape index (κ3) is 2.09. The number of nitrogens with zero attached hydrogens (tertiary/aromatic N) is 1. The summed E-state index contributed by atoms with van der Waals surface area (Å²) >= 11 is 9.48. The van der Waals surface area contributed by atoms with E-state index >= 15 is 0 Å². The van der Waals surface area contributed by atoms with Crippen molar-refractivity contribution in [3.63, 3.8) is 0 Å². The molecule has 0 heterocycles. The first-order valence-electron chi connectivity index (χ1n) is 5.37. The van der Waals surface area contributed by atoms with E-state index < -0.39 is 5.41 Å². The van der Waals surface area contributed by atoms with Crippen LogP contribution in [0.5, 0.6) is 0 Å². The van der Waals surface area contributed by atoms with Crippen LogP contribution in [0.1, 0.15) is 27.7 Å². The van der Waals surface area contributed by atoms with Crippen LogP contribution in [0.4, 0.5) is 0 Å². The summed E-state index contributed by atoms with van der Waals surface area (Å²) in [6, 6.07) is 2.43. The van der Waals surface area contributed by atoms with Gasteiger partial charge in [-0.25, -0.2) is 0 Å². The van der Waals surface area contributed by atoms with Gasteiger partial charge in [-0.1, -0.05) is 43.8 Å². The van der Waals surface area contributed by atoms with E-state index in [2.05, 4.69) is 44.7 Å². The van der Waals surface area contributed by atoms with Crippen molar-refractivity contribution in [3.05, 3.63) is 23.3 Å². The standard InChI is InChI=1S/C13H17NS2/c1-8(2)10-6-5-9(3)11(12(15)16)13(10,4)7-14/h5-6,8,11H,1-4H3,(H,15,16). The maximum absolute atomic E-state index is 9.50. The molecule has 1 aliphatic carbocycles. The molecule has 86 valence electrons. The molecule has 0 amide bonds. The first-order chi connectivity index (χ1) is 7.34. The largest absolute Gasteiger partial charge is 0.197 e. The van der Waals surface area contributed by atoms with Gasteiger partial charge in [-0.3, -0.25) is 0 Å². The topological polar surface area (TPSA) is 23.8 Å². The molecule has 2 unspecified atom stereocenters. The summed E-state index contributed by atoms with van der Waals surface area (Å²) in [6.07, 6.45) is 4.12. The molecule has 1 nitrogen and oxygen atoms in total. The Bertz CT molecular complexity index is 412. The first-order valence-corrected chi connectivity index (χ1v) is 6.23. The third-order valence-corrected chi connectivity index (χ3v) is 3.75. The molecule has 0 bridgehead atoms. The van der Waals surface area contributed by atoms with E-state index in [-0.39, 0.29) is 5.92 Å². The van der Waals surface area contributed by atoms with Gasteiger partial charge in [-0.15, -0.1) is 12.6 Å². The SMILES string of the molecule is CC1=CC=C(C(C)C)C(C)(C#N)C1C(=S)S. The fourth-order valence-electron chi connectivity index (χ4n) is 2.48. The van der Waals surface area contributed by atoms with Gasteiger partial charge < -0.3 is 0 Å². The highest BCUT2D eigenvalue weighted by Crippen LogP contribution is 2.46. The van der Waals surface area contributed by atoms with Crippen LogP contribution in [-0.2, 0) is 0 Å². The molecule has 2 atom stereocenters. The van der Waals surface area contributed by atoms with Crippen molar-refractivity contribution in [1.82, 2.24) is 0 Å². The molecule has 0 N–H and O–H groups in total. The lowest BCUT2D eigenvalue weighted by molar-refractivity contribution is 0.409. The monoisotopic (exact) mass is 251 g/mol. The third-order valence-electron chi connectivity index (χ3n) is 3.26. The number of allylic oxidation sites excluding steroid dienone is 4. The summed E-state index contributed by atoms with van der Waals surface area (Å²) in [5.74, 6) is 0.289. The highest BCUT2D eigenvalue weighted by molar-refractivity contribution is 8.11. The smallest absolute Gasteiger partial charge is 0.0878 e. The fourth-order valence-corrected chi connectivity index (χ4v) is 3.36. The minimum Gasteiger partial charge on any atom is -0.197 e. The zero-order chi connectivity index (χ0) is 12.5. The molecule has 16 heavy (non-hydrogen) atoms. The highest BCUT2D eigenvalue weighted by Gasteiger charge is 2.42. The molecular formula is C13H17NS2. The van der Waals surface area contributed by atoms with E-state index in [0.29, 0.717) is 10.1 Å². The molecule has 0 aromatic rings. The molecular weight excluding hydrogens is 234 g/mol. The van der Waals surface area contributed by atoms with Gasteiger partial charge in [0.2, 0.25) is 0 Å². The van der Waals surface area contributed by atoms with Gasteiger partial charge in [0.1, 0.15) is 0 Å². The molecule has 0 fully saturated rings. The summed E-state index contributed by atoms with van der Waals surface area (Å²) < 4.78 is 0.601. The Morgan fingerprint density at radius 3 is 2.50 bits per heavy atom. The van der Waals surface area contributed by atoms with E-state index in [4.69, 9.17) is 12.2 Å². The van der Waals surface area contributed by atoms with E-state index in [0.717, 1.165) is 11.1 Å². The molecule has 1 aliphatic rings. The van der Waals surface area contributed by atoms with Gasteiger partial charge in [0.15, 0.2) is 0 Å². The maximum Gasteiger partial charge on any atom is 0.0878 e. The molecule has 0 saturated heterocycles. The zero-order valence-electron chi connectivity index (χ0n) is 10.1. The lowest BCUT2D eigenvalue weighted by Crippen LogP contribution is -2.36. The Hall–Kier alpha value is -0.590. The highest BCUT2D eigenvalue weighted by atomic mass is 32.1. The Labute approximate surface area is 109 Å². The average molecular weight is 251 g/mol. The van der Waals surface area contributed by atoms with Gasteiger partial charge in [0, 0.05) is 5.92 Å². The quantitative estimate of drug-likeness (QED) is 0.594. The van der Waals surface area contributed by atoms with Crippen LogP contribution >= 0.6 is 24.8 Å². The number of hydrogen-bond donors (Lipinski definition) is 1. The van der Waals surface area contributed by atoms with Crippen molar-refractivity contribution in [2.45, 2.75) is 27.7 Å². The summed E-state index contributed by atoms with van der Waals surface area (Å²) in [7, 11) is 0. The van der Waals surface area contributed by atoms with Crippen molar-refractivity contribution >= 4 is 29.0 Å². The normalized spacial score (nSPS) is 29.4. The number of rotatable bonds is 2. The maximum atomic E-state index is 9.50. The van der Waals surface area contributed by atoms with Crippen LogP contribution in [0.3, 0.4) is 0 Å². The van der Waals surface area contributed by atoms with Crippen LogP contribution in [0.2, 0.25) is 0 Å². The number of thiol groups is 1. The fraction of sp³-hybridized carbons (Fsp3) is 0.538. The molecule has 0 aromatic heterocycles. The van der Waals surface area contributed by atoms with Crippen molar-refractivity contribution in [3.8, 4) is 6.07 Å².